The molecule has 4 unspecified atom stereocenters. The molecule has 4 aliphatic rings. The van der Waals surface area contributed by atoms with Crippen LogP contribution in [0, 0.1) is 0 Å². The molecule has 4 aliphatic heterocycles. The summed E-state index contributed by atoms with van der Waals surface area (Å²) in [6, 6.07) is 1.79. The fourth-order valence-electron chi connectivity index (χ4n) is 6.25. The molecule has 2 N–H and O–H groups in total. The zero-order valence-corrected chi connectivity index (χ0v) is 25.9. The number of aromatic amines is 1. The molecule has 8 heterocycles. The summed E-state index contributed by atoms with van der Waals surface area (Å²) in [5.41, 5.74) is 1.09. The van der Waals surface area contributed by atoms with E-state index in [-0.39, 0.29) is 11.2 Å². The second-order valence-corrected chi connectivity index (χ2v) is 14.5. The first-order chi connectivity index (χ1) is 22.5. The third kappa shape index (κ3) is 5.46. The number of aromatic nitrogens is 7. The number of nitrogens with zero attached hydrogens (tertiary/aromatic N) is 6. The molecule has 17 nitrogen and oxygen atoms in total. The molecule has 3 saturated heterocycles. The second-order valence-electron chi connectivity index (χ2n) is 11.4. The molecule has 0 aliphatic carbocycles. The first-order valence-electron chi connectivity index (χ1n) is 14.5. The van der Waals surface area contributed by atoms with Crippen LogP contribution in [-0.4, -0.2) is 106 Å². The fourth-order valence-corrected chi connectivity index (χ4v) is 8.26. The summed E-state index contributed by atoms with van der Waals surface area (Å²) >= 11 is 0. The van der Waals surface area contributed by atoms with E-state index in [9.17, 15) is 13.9 Å². The number of pyridine rings is 1. The maximum absolute atomic E-state index is 16.3. The monoisotopic (exact) mass is 690 g/mol. The van der Waals surface area contributed by atoms with Gasteiger partial charge in [0, 0.05) is 18.4 Å². The lowest BCUT2D eigenvalue weighted by atomic mass is 10.1. The average molecular weight is 690 g/mol. The van der Waals surface area contributed by atoms with Crippen LogP contribution in [0.15, 0.2) is 29.7 Å². The number of hydrogen-bond donors (Lipinski definition) is 2. The molecule has 0 bridgehead atoms. The van der Waals surface area contributed by atoms with Gasteiger partial charge in [0.15, 0.2) is 41.6 Å². The SMILES string of the molecule is [B]P1(=O)OC[C@H]2O[C@@H](n3cnc4c(=O)[nH]cnc43)C(F)[C@H]2OP([B])(=O)OC[C@H]2O[C@@H](n3nc4c5c(ccnc53)NCCC4)[C@@H](F)C2O1. The van der Waals surface area contributed by atoms with Crippen LogP contribution in [0.4, 0.5) is 14.5 Å². The van der Waals surface area contributed by atoms with Crippen LogP contribution in [0.1, 0.15) is 24.6 Å². The standard InChI is InChI=1S/C24H24B2F2N8O9P2/c25-46(38)41-7-13-19(16(28)24(43-13)36-20-14-10(3-5-30-20)29-4-1-2-11(14)34-36)45-47(26,39)40-6-12-18(44-46)15(27)23(42-12)35-9-33-17-21(35)31-8-32-22(17)37/h3,5,8-9,12-13,15-16,18-19,23-24,29H,1-2,4,6-7H2,(H,31,32,37)/t12-,13-,15?,16+,18+,19?,23-,24-,46?,47?/m1/s1. The summed E-state index contributed by atoms with van der Waals surface area (Å²) in [6.07, 6.45) is -8.29. The summed E-state index contributed by atoms with van der Waals surface area (Å²) < 4.78 is 94.7. The Bertz CT molecular complexity index is 2020. The average Bonchev–Trinajstić information content (AvgIpc) is 3.73. The van der Waals surface area contributed by atoms with Crippen molar-refractivity contribution in [2.24, 2.45) is 0 Å². The molecular formula is C24H24B2F2N8O9P2. The van der Waals surface area contributed by atoms with E-state index < -0.39 is 82.9 Å². The van der Waals surface area contributed by atoms with Gasteiger partial charge in [0.05, 0.1) is 36.9 Å². The number of rotatable bonds is 2. The van der Waals surface area contributed by atoms with E-state index in [0.717, 1.165) is 35.9 Å². The number of hydrogen-bond acceptors (Lipinski definition) is 14. The molecule has 0 amide bonds. The van der Waals surface area contributed by atoms with Crippen molar-refractivity contribution in [3.8, 4) is 0 Å². The zero-order chi connectivity index (χ0) is 32.7. The lowest BCUT2D eigenvalue weighted by molar-refractivity contribution is -0.0569. The van der Waals surface area contributed by atoms with Crippen molar-refractivity contribution in [2.45, 2.75) is 62.1 Å². The number of aryl methyl sites for hydroxylation is 1. The van der Waals surface area contributed by atoms with E-state index in [0.29, 0.717) is 23.1 Å². The van der Waals surface area contributed by atoms with Crippen LogP contribution in [0.5, 0.6) is 0 Å². The minimum Gasteiger partial charge on any atom is -0.384 e. The Morgan fingerprint density at radius 3 is 2.34 bits per heavy atom. The number of ether oxygens (including phenoxy) is 2. The van der Waals surface area contributed by atoms with Gasteiger partial charge < -0.3 is 37.9 Å². The van der Waals surface area contributed by atoms with E-state index in [1.807, 2.05) is 0 Å². The van der Waals surface area contributed by atoms with Crippen molar-refractivity contribution in [3.63, 3.8) is 0 Å². The van der Waals surface area contributed by atoms with E-state index in [2.05, 4.69) is 30.4 Å². The minimum atomic E-state index is -4.61. The summed E-state index contributed by atoms with van der Waals surface area (Å²) in [6.45, 7) is -0.723. The third-order valence-electron chi connectivity index (χ3n) is 8.36. The fraction of sp³-hybridized carbons (Fsp3) is 0.542. The second kappa shape index (κ2) is 11.6. The Morgan fingerprint density at radius 1 is 0.936 bits per heavy atom. The third-order valence-corrected chi connectivity index (χ3v) is 10.5. The first kappa shape index (κ1) is 31.3. The zero-order valence-electron chi connectivity index (χ0n) is 24.1. The molecule has 0 aromatic carbocycles. The van der Waals surface area contributed by atoms with Gasteiger partial charge in [0.1, 0.15) is 24.4 Å². The molecule has 4 aromatic rings. The Morgan fingerprint density at radius 2 is 1.62 bits per heavy atom. The highest BCUT2D eigenvalue weighted by Crippen LogP contribution is 2.54. The smallest absolute Gasteiger partial charge is 0.278 e. The summed E-state index contributed by atoms with van der Waals surface area (Å²) in [4.78, 5) is 26.8. The molecule has 4 radical (unpaired) electrons. The molecule has 8 rings (SSSR count). The number of halogens is 2. The van der Waals surface area contributed by atoms with E-state index >= 15 is 8.78 Å². The van der Waals surface area contributed by atoms with Crippen molar-refractivity contribution >= 4 is 58.0 Å². The lowest BCUT2D eigenvalue weighted by Gasteiger charge is -2.29. The highest BCUT2D eigenvalue weighted by Gasteiger charge is 2.54. The number of H-pyrrole nitrogens is 1. The van der Waals surface area contributed by atoms with Crippen molar-refractivity contribution in [1.29, 1.82) is 0 Å². The normalized spacial score (nSPS) is 37.8. The van der Waals surface area contributed by atoms with E-state index in [1.165, 1.54) is 4.68 Å². The Kier molecular flexibility index (Phi) is 7.68. The van der Waals surface area contributed by atoms with Crippen molar-refractivity contribution in [1.82, 2.24) is 34.3 Å². The van der Waals surface area contributed by atoms with Gasteiger partial charge in [-0.25, -0.2) is 28.4 Å². The number of alkyl halides is 2. The molecule has 0 spiro atoms. The molecule has 4 aromatic heterocycles. The maximum Gasteiger partial charge on any atom is 0.278 e. The molecule has 3 fully saturated rings. The van der Waals surface area contributed by atoms with Crippen LogP contribution in [0.2, 0.25) is 0 Å². The van der Waals surface area contributed by atoms with Gasteiger partial charge in [0.2, 0.25) is 15.1 Å². The first-order valence-corrected chi connectivity index (χ1v) is 17.7. The molecular weight excluding hydrogens is 666 g/mol. The van der Waals surface area contributed by atoms with E-state index in [1.54, 1.807) is 12.3 Å². The highest BCUT2D eigenvalue weighted by atomic mass is 31.2. The Labute approximate surface area is 265 Å². The van der Waals surface area contributed by atoms with Gasteiger partial charge >= 0.3 is 0 Å². The Hall–Kier alpha value is -3.02. The summed E-state index contributed by atoms with van der Waals surface area (Å²) in [7, 11) is 2.53. The minimum absolute atomic E-state index is 0.0231. The molecule has 10 atom stereocenters. The van der Waals surface area contributed by atoms with Gasteiger partial charge in [-0.2, -0.15) is 5.10 Å². The summed E-state index contributed by atoms with van der Waals surface area (Å²) in [5.74, 6) is 0. The van der Waals surface area contributed by atoms with Crippen LogP contribution < -0.4 is 10.9 Å². The largest absolute Gasteiger partial charge is 0.384 e. The predicted molar refractivity (Wildman–Crippen MR) is 158 cm³/mol. The quantitative estimate of drug-likeness (QED) is 0.228. The van der Waals surface area contributed by atoms with Gasteiger partial charge in [-0.3, -0.25) is 18.5 Å². The molecule has 23 heteroatoms. The molecule has 47 heavy (non-hydrogen) atoms. The van der Waals surface area contributed by atoms with Gasteiger partial charge in [-0.05, 0) is 18.9 Å². The van der Waals surface area contributed by atoms with Crippen LogP contribution in [0.25, 0.3) is 22.2 Å². The van der Waals surface area contributed by atoms with Crippen LogP contribution in [0.3, 0.4) is 0 Å². The van der Waals surface area contributed by atoms with E-state index in [4.69, 9.17) is 42.7 Å². The van der Waals surface area contributed by atoms with Crippen molar-refractivity contribution in [2.75, 3.05) is 25.1 Å². The predicted octanol–water partition coefficient (Wildman–Crippen LogP) is 1.76. The topological polar surface area (TPSA) is 196 Å². The number of anilines is 1. The van der Waals surface area contributed by atoms with Crippen LogP contribution >= 0.6 is 14.9 Å². The van der Waals surface area contributed by atoms with Gasteiger partial charge in [-0.15, -0.1) is 0 Å². The van der Waals surface area contributed by atoms with Crippen molar-refractivity contribution < 1.29 is 45.5 Å². The van der Waals surface area contributed by atoms with Crippen molar-refractivity contribution in [3.05, 3.63) is 41.0 Å². The van der Waals surface area contributed by atoms with Gasteiger partial charge in [-0.1, -0.05) is 0 Å². The Balaban J connectivity index is 1.08. The highest BCUT2D eigenvalue weighted by molar-refractivity contribution is 7.79. The number of imidazole rings is 1. The lowest BCUT2D eigenvalue weighted by Crippen LogP contribution is -2.37. The van der Waals surface area contributed by atoms with Gasteiger partial charge in [0.25, 0.3) is 20.5 Å². The molecule has 0 saturated carbocycles. The molecule has 244 valence electrons. The van der Waals surface area contributed by atoms with Crippen LogP contribution in [-0.2, 0) is 43.1 Å². The number of fused-ring (bicyclic) bond motifs is 3. The summed E-state index contributed by atoms with van der Waals surface area (Å²) in [5, 5.41) is 8.58. The maximum atomic E-state index is 16.3. The number of nitrogens with one attached hydrogen (secondary N) is 2.